The lowest BCUT2D eigenvalue weighted by molar-refractivity contribution is -0.137. The summed E-state index contributed by atoms with van der Waals surface area (Å²) in [5.41, 5.74) is -0.692. The van der Waals surface area contributed by atoms with Crippen molar-refractivity contribution >= 4 is 28.2 Å². The maximum absolute atomic E-state index is 12.6. The third-order valence-corrected chi connectivity index (χ3v) is 4.97. The van der Waals surface area contributed by atoms with Gasteiger partial charge in [0.2, 0.25) is 5.13 Å². The molecule has 0 fully saturated rings. The average Bonchev–Trinajstić information content (AvgIpc) is 2.98. The lowest BCUT2D eigenvalue weighted by atomic mass is 10.2. The minimum absolute atomic E-state index is 0.246. The van der Waals surface area contributed by atoms with Crippen LogP contribution in [0.1, 0.15) is 18.4 Å². The topological polar surface area (TPSA) is 47.0 Å². The Morgan fingerprint density at radius 2 is 2.09 bits per heavy atom. The summed E-state index contributed by atoms with van der Waals surface area (Å²) < 4.78 is 44.0. The summed E-state index contributed by atoms with van der Waals surface area (Å²) in [6, 6.07) is 4.94. The van der Waals surface area contributed by atoms with Crippen molar-refractivity contribution in [1.82, 2.24) is 10.2 Å². The number of halogens is 3. The van der Waals surface area contributed by atoms with Gasteiger partial charge in [-0.05, 0) is 31.0 Å². The van der Waals surface area contributed by atoms with E-state index >= 15 is 0 Å². The summed E-state index contributed by atoms with van der Waals surface area (Å²) in [6.07, 6.45) is -2.69. The first kappa shape index (κ1) is 17.9. The highest BCUT2D eigenvalue weighted by molar-refractivity contribution is 8.01. The summed E-state index contributed by atoms with van der Waals surface area (Å²) in [6.45, 7) is 0.389. The lowest BCUT2D eigenvalue weighted by Crippen LogP contribution is -2.05. The van der Waals surface area contributed by atoms with Crippen LogP contribution in [-0.4, -0.2) is 29.6 Å². The first-order valence-electron chi connectivity index (χ1n) is 6.93. The second-order valence-electron chi connectivity index (χ2n) is 4.55. The molecule has 0 amide bonds. The van der Waals surface area contributed by atoms with Crippen LogP contribution in [0.3, 0.4) is 0 Å². The van der Waals surface area contributed by atoms with E-state index < -0.39 is 11.7 Å². The number of alkyl halides is 3. The standard InChI is InChI=1S/C14H16F3N3OS2/c1-18-12-19-20-13(23-12)22-8-3-2-7-21-11-6-4-5-10(9-11)14(15,16)17/h4-6,9H,2-3,7-8H2,1H3,(H,18,19). The smallest absolute Gasteiger partial charge is 0.416 e. The van der Waals surface area contributed by atoms with E-state index in [1.807, 2.05) is 0 Å². The molecule has 2 rings (SSSR count). The maximum Gasteiger partial charge on any atom is 0.416 e. The molecule has 4 nitrogen and oxygen atoms in total. The molecule has 0 spiro atoms. The van der Waals surface area contributed by atoms with E-state index in [0.717, 1.165) is 40.2 Å². The van der Waals surface area contributed by atoms with E-state index in [0.29, 0.717) is 6.61 Å². The number of hydrogen-bond donors (Lipinski definition) is 1. The van der Waals surface area contributed by atoms with Crippen molar-refractivity contribution in [3.05, 3.63) is 29.8 Å². The van der Waals surface area contributed by atoms with E-state index in [9.17, 15) is 13.2 Å². The van der Waals surface area contributed by atoms with Crippen molar-refractivity contribution in [1.29, 1.82) is 0 Å². The third-order valence-electron chi connectivity index (χ3n) is 2.81. The highest BCUT2D eigenvalue weighted by Gasteiger charge is 2.30. The van der Waals surface area contributed by atoms with Crippen LogP contribution in [0.15, 0.2) is 28.6 Å². The lowest BCUT2D eigenvalue weighted by Gasteiger charge is -2.10. The maximum atomic E-state index is 12.6. The molecule has 0 bridgehead atoms. The Morgan fingerprint density at radius 1 is 1.26 bits per heavy atom. The van der Waals surface area contributed by atoms with Gasteiger partial charge in [0.25, 0.3) is 0 Å². The number of rotatable bonds is 8. The van der Waals surface area contributed by atoms with Gasteiger partial charge < -0.3 is 10.1 Å². The number of thioether (sulfide) groups is 1. The molecule has 126 valence electrons. The Balaban J connectivity index is 1.65. The molecule has 0 saturated heterocycles. The van der Waals surface area contributed by atoms with Crippen LogP contribution in [0.4, 0.5) is 18.3 Å². The van der Waals surface area contributed by atoms with Crippen LogP contribution in [0.2, 0.25) is 0 Å². The van der Waals surface area contributed by atoms with E-state index in [-0.39, 0.29) is 5.75 Å². The van der Waals surface area contributed by atoms with Crippen LogP contribution in [0.25, 0.3) is 0 Å². The van der Waals surface area contributed by atoms with E-state index in [4.69, 9.17) is 4.74 Å². The summed E-state index contributed by atoms with van der Waals surface area (Å²) in [5.74, 6) is 1.11. The molecule has 0 radical (unpaired) electrons. The van der Waals surface area contributed by atoms with Crippen LogP contribution in [0.5, 0.6) is 5.75 Å². The Kier molecular flexibility index (Phi) is 6.52. The van der Waals surface area contributed by atoms with Crippen molar-refractivity contribution in [3.8, 4) is 5.75 Å². The number of anilines is 1. The molecule has 0 aliphatic rings. The number of hydrogen-bond acceptors (Lipinski definition) is 6. The predicted octanol–water partition coefficient (Wildman–Crippen LogP) is 4.55. The second-order valence-corrected chi connectivity index (χ2v) is 6.87. The largest absolute Gasteiger partial charge is 0.494 e. The molecule has 2 aromatic rings. The molecule has 1 N–H and O–H groups in total. The quantitative estimate of drug-likeness (QED) is 0.551. The molecule has 9 heteroatoms. The molecule has 0 unspecified atom stereocenters. The molecule has 0 atom stereocenters. The molecular formula is C14H16F3N3OS2. The zero-order valence-electron chi connectivity index (χ0n) is 12.4. The minimum Gasteiger partial charge on any atom is -0.494 e. The number of unbranched alkanes of at least 4 members (excludes halogenated alkanes) is 1. The molecule has 1 heterocycles. The number of ether oxygens (including phenoxy) is 1. The van der Waals surface area contributed by atoms with E-state index in [1.165, 1.54) is 23.5 Å². The molecule has 0 aliphatic carbocycles. The average molecular weight is 363 g/mol. The SMILES string of the molecule is CNc1nnc(SCCCCOc2cccc(C(F)(F)F)c2)s1. The third kappa shape index (κ3) is 5.91. The van der Waals surface area contributed by atoms with Crippen molar-refractivity contribution in [3.63, 3.8) is 0 Å². The summed E-state index contributed by atoms with van der Waals surface area (Å²) in [7, 11) is 1.79. The summed E-state index contributed by atoms with van der Waals surface area (Å²) in [5, 5.41) is 11.7. The Morgan fingerprint density at radius 3 is 2.78 bits per heavy atom. The Labute approximate surface area is 140 Å². The van der Waals surface area contributed by atoms with Gasteiger partial charge in [0.1, 0.15) is 5.75 Å². The minimum atomic E-state index is -4.34. The molecule has 23 heavy (non-hydrogen) atoms. The fourth-order valence-corrected chi connectivity index (χ4v) is 3.46. The first-order valence-corrected chi connectivity index (χ1v) is 8.73. The van der Waals surface area contributed by atoms with Crippen LogP contribution >= 0.6 is 23.1 Å². The molecule has 0 aliphatic heterocycles. The highest BCUT2D eigenvalue weighted by Crippen LogP contribution is 2.31. The van der Waals surface area contributed by atoms with E-state index in [2.05, 4.69) is 15.5 Å². The van der Waals surface area contributed by atoms with Crippen molar-refractivity contribution in [2.75, 3.05) is 24.7 Å². The number of aromatic nitrogens is 2. The predicted molar refractivity (Wildman–Crippen MR) is 86.4 cm³/mol. The number of benzene rings is 1. The van der Waals surface area contributed by atoms with Gasteiger partial charge in [0.05, 0.1) is 12.2 Å². The fourth-order valence-electron chi connectivity index (χ4n) is 1.68. The van der Waals surface area contributed by atoms with Gasteiger partial charge in [0, 0.05) is 12.8 Å². The monoisotopic (exact) mass is 363 g/mol. The number of nitrogens with one attached hydrogen (secondary N) is 1. The van der Waals surface area contributed by atoms with Gasteiger partial charge >= 0.3 is 6.18 Å². The normalized spacial score (nSPS) is 11.5. The van der Waals surface area contributed by atoms with Gasteiger partial charge in [-0.3, -0.25) is 0 Å². The van der Waals surface area contributed by atoms with Crippen molar-refractivity contribution < 1.29 is 17.9 Å². The molecule has 1 aromatic heterocycles. The van der Waals surface area contributed by atoms with Crippen molar-refractivity contribution in [2.45, 2.75) is 23.4 Å². The summed E-state index contributed by atoms with van der Waals surface area (Å²) >= 11 is 3.10. The molecule has 1 aromatic carbocycles. The fraction of sp³-hybridized carbons (Fsp3) is 0.429. The van der Waals surface area contributed by atoms with Gasteiger partial charge in [-0.1, -0.05) is 29.2 Å². The zero-order chi connectivity index (χ0) is 16.7. The number of nitrogens with zero attached hydrogens (tertiary/aromatic N) is 2. The van der Waals surface area contributed by atoms with Crippen LogP contribution in [0, 0.1) is 0 Å². The van der Waals surface area contributed by atoms with Crippen molar-refractivity contribution in [2.24, 2.45) is 0 Å². The van der Waals surface area contributed by atoms with Gasteiger partial charge in [0.15, 0.2) is 4.34 Å². The second kappa shape index (κ2) is 8.39. The highest BCUT2D eigenvalue weighted by atomic mass is 32.2. The van der Waals surface area contributed by atoms with Crippen LogP contribution in [-0.2, 0) is 6.18 Å². The Hall–Kier alpha value is -1.48. The molecular weight excluding hydrogens is 347 g/mol. The first-order chi connectivity index (χ1) is 11.0. The zero-order valence-corrected chi connectivity index (χ0v) is 14.0. The Bertz CT molecular complexity index is 619. The van der Waals surface area contributed by atoms with Gasteiger partial charge in [-0.2, -0.15) is 13.2 Å². The van der Waals surface area contributed by atoms with Crippen LogP contribution < -0.4 is 10.1 Å². The van der Waals surface area contributed by atoms with Gasteiger partial charge in [-0.25, -0.2) is 0 Å². The van der Waals surface area contributed by atoms with E-state index in [1.54, 1.807) is 18.8 Å². The van der Waals surface area contributed by atoms with Gasteiger partial charge in [-0.15, -0.1) is 10.2 Å². The molecule has 0 saturated carbocycles. The summed E-state index contributed by atoms with van der Waals surface area (Å²) in [4.78, 5) is 0.